The van der Waals surface area contributed by atoms with Gasteiger partial charge in [0.05, 0.1) is 11.7 Å². The molecule has 0 saturated carbocycles. The zero-order valence-corrected chi connectivity index (χ0v) is 15.3. The fourth-order valence-corrected chi connectivity index (χ4v) is 3.87. The number of aryl methyl sites for hydroxylation is 4. The number of fused-ring (bicyclic) bond motifs is 1. The summed E-state index contributed by atoms with van der Waals surface area (Å²) >= 11 is 2.10. The highest BCUT2D eigenvalue weighted by Gasteiger charge is 2.13. The van der Waals surface area contributed by atoms with E-state index in [1.807, 2.05) is 6.20 Å². The van der Waals surface area contributed by atoms with Gasteiger partial charge in [0.25, 0.3) is 0 Å². The third kappa shape index (κ3) is 4.03. The van der Waals surface area contributed by atoms with Crippen molar-refractivity contribution < 1.29 is 0 Å². The van der Waals surface area contributed by atoms with Gasteiger partial charge in [-0.3, -0.25) is 4.98 Å². The van der Waals surface area contributed by atoms with E-state index in [0.717, 1.165) is 24.2 Å². The first kappa shape index (κ1) is 17.3. The highest BCUT2D eigenvalue weighted by Crippen LogP contribution is 2.22. The third-order valence-corrected chi connectivity index (χ3v) is 5.39. The van der Waals surface area contributed by atoms with Crippen LogP contribution in [0.15, 0.2) is 6.20 Å². The molecule has 2 rings (SSSR count). The smallest absolute Gasteiger partial charge is 0.109 e. The number of unbranched alkanes of at least 4 members (excludes halogenated alkanes) is 2. The highest BCUT2D eigenvalue weighted by atomic mass is 32.2. The van der Waals surface area contributed by atoms with Gasteiger partial charge in [-0.05, 0) is 50.2 Å². The van der Waals surface area contributed by atoms with Crippen molar-refractivity contribution in [3.63, 3.8) is 0 Å². The van der Waals surface area contributed by atoms with E-state index in [2.05, 4.69) is 49.0 Å². The summed E-state index contributed by atoms with van der Waals surface area (Å²) in [6, 6.07) is 0. The van der Waals surface area contributed by atoms with Gasteiger partial charge in [0, 0.05) is 18.7 Å². The minimum Gasteiger partial charge on any atom is -0.328 e. The van der Waals surface area contributed by atoms with E-state index in [0.29, 0.717) is 0 Å². The summed E-state index contributed by atoms with van der Waals surface area (Å²) in [7, 11) is 0. The SMILES string of the molecule is CCCCSCCCCn1c(CC)nc2cnc(C)c(C)c21. The van der Waals surface area contributed by atoms with Crippen LogP contribution in [0, 0.1) is 13.8 Å². The molecule has 0 aliphatic carbocycles. The molecule has 0 saturated heterocycles. The summed E-state index contributed by atoms with van der Waals surface area (Å²) in [5.74, 6) is 3.80. The van der Waals surface area contributed by atoms with Gasteiger partial charge in [-0.25, -0.2) is 4.98 Å². The van der Waals surface area contributed by atoms with Crippen molar-refractivity contribution in [2.45, 2.75) is 66.3 Å². The van der Waals surface area contributed by atoms with Crippen LogP contribution in [0.25, 0.3) is 11.0 Å². The van der Waals surface area contributed by atoms with Crippen LogP contribution in [0.4, 0.5) is 0 Å². The first-order valence-corrected chi connectivity index (χ1v) is 9.73. The van der Waals surface area contributed by atoms with E-state index in [4.69, 9.17) is 4.98 Å². The molecule has 4 heteroatoms. The van der Waals surface area contributed by atoms with Crippen molar-refractivity contribution in [3.8, 4) is 0 Å². The van der Waals surface area contributed by atoms with Gasteiger partial charge in [0.1, 0.15) is 11.3 Å². The number of aromatic nitrogens is 3. The van der Waals surface area contributed by atoms with Crippen LogP contribution in [-0.2, 0) is 13.0 Å². The molecule has 0 bridgehead atoms. The Labute approximate surface area is 138 Å². The molecular formula is C18H29N3S. The molecule has 2 heterocycles. The maximum absolute atomic E-state index is 4.77. The zero-order chi connectivity index (χ0) is 15.9. The predicted molar refractivity (Wildman–Crippen MR) is 97.8 cm³/mol. The number of thioether (sulfide) groups is 1. The van der Waals surface area contributed by atoms with E-state index in [-0.39, 0.29) is 0 Å². The van der Waals surface area contributed by atoms with Gasteiger partial charge in [-0.2, -0.15) is 11.8 Å². The van der Waals surface area contributed by atoms with Crippen molar-refractivity contribution in [1.29, 1.82) is 0 Å². The number of imidazole rings is 1. The molecule has 0 aromatic carbocycles. The fraction of sp³-hybridized carbons (Fsp3) is 0.667. The van der Waals surface area contributed by atoms with Crippen molar-refractivity contribution in [2.75, 3.05) is 11.5 Å². The normalized spacial score (nSPS) is 11.5. The standard InChI is InChI=1S/C18H29N3S/c1-5-7-11-22-12-9-8-10-21-17(6-2)20-16-13-19-15(4)14(3)18(16)21/h13H,5-12H2,1-4H3. The Balaban J connectivity index is 2.02. The van der Waals surface area contributed by atoms with E-state index in [1.54, 1.807) is 0 Å². The molecule has 0 unspecified atom stereocenters. The second-order valence-electron chi connectivity index (χ2n) is 5.91. The number of pyridine rings is 1. The molecule has 0 fully saturated rings. The number of nitrogens with zero attached hydrogens (tertiary/aromatic N) is 3. The first-order valence-electron chi connectivity index (χ1n) is 8.58. The lowest BCUT2D eigenvalue weighted by atomic mass is 10.2. The average molecular weight is 320 g/mol. The largest absolute Gasteiger partial charge is 0.328 e. The highest BCUT2D eigenvalue weighted by molar-refractivity contribution is 7.99. The lowest BCUT2D eigenvalue weighted by Crippen LogP contribution is -2.05. The lowest BCUT2D eigenvalue weighted by Gasteiger charge is -2.10. The van der Waals surface area contributed by atoms with Crippen LogP contribution in [0.2, 0.25) is 0 Å². The van der Waals surface area contributed by atoms with Crippen molar-refractivity contribution >= 4 is 22.8 Å². The Kier molecular flexibility index (Phi) is 6.74. The minimum atomic E-state index is 0.985. The fourth-order valence-electron chi connectivity index (χ4n) is 2.76. The Morgan fingerprint density at radius 1 is 1.09 bits per heavy atom. The second kappa shape index (κ2) is 8.56. The number of rotatable bonds is 9. The quantitative estimate of drug-likeness (QED) is 0.614. The monoisotopic (exact) mass is 319 g/mol. The molecular weight excluding hydrogens is 290 g/mol. The Morgan fingerprint density at radius 2 is 1.86 bits per heavy atom. The summed E-state index contributed by atoms with van der Waals surface area (Å²) in [6.45, 7) is 9.79. The summed E-state index contributed by atoms with van der Waals surface area (Å²) in [4.78, 5) is 9.22. The molecule has 2 aromatic rings. The van der Waals surface area contributed by atoms with Crippen LogP contribution in [-0.4, -0.2) is 26.0 Å². The van der Waals surface area contributed by atoms with E-state index in [9.17, 15) is 0 Å². The van der Waals surface area contributed by atoms with Crippen LogP contribution >= 0.6 is 11.8 Å². The topological polar surface area (TPSA) is 30.7 Å². The van der Waals surface area contributed by atoms with Gasteiger partial charge < -0.3 is 4.57 Å². The van der Waals surface area contributed by atoms with Crippen molar-refractivity contribution in [2.24, 2.45) is 0 Å². The van der Waals surface area contributed by atoms with Gasteiger partial charge in [0.2, 0.25) is 0 Å². The Morgan fingerprint density at radius 3 is 2.59 bits per heavy atom. The molecule has 122 valence electrons. The van der Waals surface area contributed by atoms with Gasteiger partial charge in [-0.15, -0.1) is 0 Å². The summed E-state index contributed by atoms with van der Waals surface area (Å²) in [6.07, 6.45) is 8.09. The minimum absolute atomic E-state index is 0.985. The Bertz CT molecular complexity index is 604. The summed E-state index contributed by atoms with van der Waals surface area (Å²) in [5.41, 5.74) is 4.74. The number of hydrogen-bond donors (Lipinski definition) is 0. The maximum Gasteiger partial charge on any atom is 0.109 e. The lowest BCUT2D eigenvalue weighted by molar-refractivity contribution is 0.621. The molecule has 0 N–H and O–H groups in total. The molecule has 0 aliphatic heterocycles. The molecule has 0 amide bonds. The van der Waals surface area contributed by atoms with E-state index < -0.39 is 0 Å². The zero-order valence-electron chi connectivity index (χ0n) is 14.5. The molecule has 0 atom stereocenters. The van der Waals surface area contributed by atoms with Gasteiger partial charge in [0.15, 0.2) is 0 Å². The van der Waals surface area contributed by atoms with Crippen LogP contribution < -0.4 is 0 Å². The van der Waals surface area contributed by atoms with Crippen molar-refractivity contribution in [1.82, 2.24) is 14.5 Å². The van der Waals surface area contributed by atoms with Gasteiger partial charge in [-0.1, -0.05) is 20.3 Å². The van der Waals surface area contributed by atoms with E-state index >= 15 is 0 Å². The summed E-state index contributed by atoms with van der Waals surface area (Å²) in [5, 5.41) is 0. The molecule has 0 radical (unpaired) electrons. The predicted octanol–water partition coefficient (Wildman–Crippen LogP) is 4.92. The molecule has 2 aromatic heterocycles. The maximum atomic E-state index is 4.77. The van der Waals surface area contributed by atoms with Crippen LogP contribution in [0.3, 0.4) is 0 Å². The summed E-state index contributed by atoms with van der Waals surface area (Å²) < 4.78 is 2.43. The van der Waals surface area contributed by atoms with Crippen LogP contribution in [0.1, 0.15) is 56.6 Å². The third-order valence-electron chi connectivity index (χ3n) is 4.23. The van der Waals surface area contributed by atoms with E-state index in [1.165, 1.54) is 54.1 Å². The van der Waals surface area contributed by atoms with Crippen LogP contribution in [0.5, 0.6) is 0 Å². The Hall–Kier alpha value is -1.03. The second-order valence-corrected chi connectivity index (χ2v) is 7.13. The molecule has 0 aliphatic rings. The molecule has 3 nitrogen and oxygen atoms in total. The molecule has 0 spiro atoms. The average Bonchev–Trinajstić information content (AvgIpc) is 2.88. The first-order chi connectivity index (χ1) is 10.7. The molecule has 22 heavy (non-hydrogen) atoms. The number of hydrogen-bond acceptors (Lipinski definition) is 3. The van der Waals surface area contributed by atoms with Crippen molar-refractivity contribution in [3.05, 3.63) is 23.3 Å². The van der Waals surface area contributed by atoms with Gasteiger partial charge >= 0.3 is 0 Å².